The van der Waals surface area contributed by atoms with Gasteiger partial charge in [0.15, 0.2) is 0 Å². The average Bonchev–Trinajstić information content (AvgIpc) is 2.94. The number of hydrogen-bond acceptors (Lipinski definition) is 4. The van der Waals surface area contributed by atoms with Crippen molar-refractivity contribution in [2.45, 2.75) is 32.0 Å². The van der Waals surface area contributed by atoms with Crippen molar-refractivity contribution in [1.29, 1.82) is 0 Å². The first kappa shape index (κ1) is 18.2. The third-order valence-corrected chi connectivity index (χ3v) is 5.66. The molecule has 0 atom stereocenters. The Labute approximate surface area is 143 Å². The Morgan fingerprint density at radius 2 is 1.87 bits per heavy atom. The SMILES string of the molecule is CS(=O)(=O)N1CCC(NC(=O)c2ccc3c(c2)CNC3)CC1.Cl. The molecule has 2 aliphatic rings. The molecule has 2 heterocycles. The van der Waals surface area contributed by atoms with Gasteiger partial charge < -0.3 is 10.6 Å². The van der Waals surface area contributed by atoms with E-state index >= 15 is 0 Å². The second kappa shape index (κ2) is 7.17. The van der Waals surface area contributed by atoms with Gasteiger partial charge >= 0.3 is 0 Å². The Balaban J connectivity index is 0.00000192. The molecule has 128 valence electrons. The topological polar surface area (TPSA) is 78.5 Å². The van der Waals surface area contributed by atoms with E-state index in [1.54, 1.807) is 0 Å². The third-order valence-electron chi connectivity index (χ3n) is 4.36. The normalized spacial score (nSPS) is 19.0. The molecule has 0 aliphatic carbocycles. The number of benzene rings is 1. The molecule has 0 bridgehead atoms. The summed E-state index contributed by atoms with van der Waals surface area (Å²) in [6.45, 7) is 2.61. The van der Waals surface area contributed by atoms with Crippen molar-refractivity contribution in [1.82, 2.24) is 14.9 Å². The zero-order valence-electron chi connectivity index (χ0n) is 13.0. The van der Waals surface area contributed by atoms with Crippen LogP contribution in [0.3, 0.4) is 0 Å². The number of halogens is 1. The molecule has 0 radical (unpaired) electrons. The quantitative estimate of drug-likeness (QED) is 0.839. The lowest BCUT2D eigenvalue weighted by atomic mass is 10.0. The van der Waals surface area contributed by atoms with E-state index in [1.165, 1.54) is 21.7 Å². The summed E-state index contributed by atoms with van der Waals surface area (Å²) < 4.78 is 24.4. The molecular formula is C15H22ClN3O3S. The minimum atomic E-state index is -3.12. The maximum atomic E-state index is 12.3. The zero-order chi connectivity index (χ0) is 15.7. The second-order valence-electron chi connectivity index (χ2n) is 6.00. The fraction of sp³-hybridized carbons (Fsp3) is 0.533. The molecule has 2 aliphatic heterocycles. The van der Waals surface area contributed by atoms with Crippen LogP contribution in [-0.2, 0) is 23.1 Å². The molecule has 2 N–H and O–H groups in total. The Bertz CT molecular complexity index is 685. The van der Waals surface area contributed by atoms with Gasteiger partial charge in [0.1, 0.15) is 0 Å². The van der Waals surface area contributed by atoms with Crippen LogP contribution in [0.2, 0.25) is 0 Å². The molecule has 8 heteroatoms. The Morgan fingerprint density at radius 3 is 2.52 bits per heavy atom. The fourth-order valence-electron chi connectivity index (χ4n) is 3.04. The molecule has 0 aromatic heterocycles. The third kappa shape index (κ3) is 4.23. The number of piperidine rings is 1. The lowest BCUT2D eigenvalue weighted by Gasteiger charge is -2.30. The molecule has 1 saturated heterocycles. The molecule has 23 heavy (non-hydrogen) atoms. The molecule has 1 fully saturated rings. The first-order valence-electron chi connectivity index (χ1n) is 7.52. The number of rotatable bonds is 3. The van der Waals surface area contributed by atoms with E-state index in [0.717, 1.165) is 13.1 Å². The van der Waals surface area contributed by atoms with Crippen LogP contribution in [-0.4, -0.2) is 44.0 Å². The van der Waals surface area contributed by atoms with E-state index in [4.69, 9.17) is 0 Å². The monoisotopic (exact) mass is 359 g/mol. The van der Waals surface area contributed by atoms with E-state index in [0.29, 0.717) is 31.5 Å². The van der Waals surface area contributed by atoms with Gasteiger partial charge in [-0.05, 0) is 36.1 Å². The molecule has 1 aromatic carbocycles. The van der Waals surface area contributed by atoms with E-state index in [-0.39, 0.29) is 24.4 Å². The molecular weight excluding hydrogens is 338 g/mol. The Kier molecular flexibility index (Phi) is 5.67. The number of carbonyl (C=O) groups is 1. The molecule has 1 aromatic rings. The summed E-state index contributed by atoms with van der Waals surface area (Å²) >= 11 is 0. The Morgan fingerprint density at radius 1 is 1.22 bits per heavy atom. The van der Waals surface area contributed by atoms with Crippen molar-refractivity contribution in [2.24, 2.45) is 0 Å². The van der Waals surface area contributed by atoms with Crippen molar-refractivity contribution < 1.29 is 13.2 Å². The van der Waals surface area contributed by atoms with Gasteiger partial charge in [-0.15, -0.1) is 12.4 Å². The Hall–Kier alpha value is -1.15. The average molecular weight is 360 g/mol. The standard InChI is InChI=1S/C15H21N3O3S.ClH/c1-22(20,21)18-6-4-14(5-7-18)17-15(19)11-2-3-12-9-16-10-13(12)8-11;/h2-3,8,14,16H,4-7,9-10H2,1H3,(H,17,19);1H. The number of fused-ring (bicyclic) bond motifs is 1. The second-order valence-corrected chi connectivity index (χ2v) is 7.98. The highest BCUT2D eigenvalue weighted by molar-refractivity contribution is 7.88. The van der Waals surface area contributed by atoms with Crippen LogP contribution in [0.4, 0.5) is 0 Å². The lowest BCUT2D eigenvalue weighted by molar-refractivity contribution is 0.0924. The molecule has 6 nitrogen and oxygen atoms in total. The largest absolute Gasteiger partial charge is 0.349 e. The molecule has 1 amide bonds. The van der Waals surface area contributed by atoms with E-state index in [1.807, 2.05) is 18.2 Å². The number of amides is 1. The van der Waals surface area contributed by atoms with Gasteiger partial charge in [0.2, 0.25) is 10.0 Å². The van der Waals surface area contributed by atoms with Crippen LogP contribution in [0.5, 0.6) is 0 Å². The van der Waals surface area contributed by atoms with Gasteiger partial charge in [-0.25, -0.2) is 12.7 Å². The summed E-state index contributed by atoms with van der Waals surface area (Å²) in [7, 11) is -3.12. The van der Waals surface area contributed by atoms with E-state index in [2.05, 4.69) is 10.6 Å². The van der Waals surface area contributed by atoms with Crippen molar-refractivity contribution in [3.8, 4) is 0 Å². The summed E-state index contributed by atoms with van der Waals surface area (Å²) in [5, 5.41) is 6.28. The van der Waals surface area contributed by atoms with Crippen LogP contribution in [0, 0.1) is 0 Å². The van der Waals surface area contributed by atoms with Crippen molar-refractivity contribution in [2.75, 3.05) is 19.3 Å². The highest BCUT2D eigenvalue weighted by Gasteiger charge is 2.26. The summed E-state index contributed by atoms with van der Waals surface area (Å²) in [4.78, 5) is 12.3. The van der Waals surface area contributed by atoms with E-state index < -0.39 is 10.0 Å². The number of hydrogen-bond donors (Lipinski definition) is 2. The van der Waals surface area contributed by atoms with Gasteiger partial charge in [-0.3, -0.25) is 4.79 Å². The predicted molar refractivity (Wildman–Crippen MR) is 91.1 cm³/mol. The minimum Gasteiger partial charge on any atom is -0.349 e. The van der Waals surface area contributed by atoms with Crippen molar-refractivity contribution >= 4 is 28.3 Å². The zero-order valence-corrected chi connectivity index (χ0v) is 14.7. The van der Waals surface area contributed by atoms with E-state index in [9.17, 15) is 13.2 Å². The van der Waals surface area contributed by atoms with Crippen LogP contribution in [0.25, 0.3) is 0 Å². The predicted octanol–water partition coefficient (Wildman–Crippen LogP) is 0.865. The summed E-state index contributed by atoms with van der Waals surface area (Å²) in [6, 6.07) is 5.83. The minimum absolute atomic E-state index is 0. The maximum absolute atomic E-state index is 12.3. The highest BCUT2D eigenvalue weighted by Crippen LogP contribution is 2.18. The van der Waals surface area contributed by atoms with Gasteiger partial charge in [0, 0.05) is 37.8 Å². The number of carbonyl (C=O) groups excluding carboxylic acids is 1. The molecule has 0 saturated carbocycles. The first-order chi connectivity index (χ1) is 10.4. The van der Waals surface area contributed by atoms with Gasteiger partial charge in [0.25, 0.3) is 5.91 Å². The number of nitrogens with zero attached hydrogens (tertiary/aromatic N) is 1. The number of nitrogens with one attached hydrogen (secondary N) is 2. The number of sulfonamides is 1. The summed E-state index contributed by atoms with van der Waals surface area (Å²) in [5.74, 6) is -0.0764. The first-order valence-corrected chi connectivity index (χ1v) is 9.37. The highest BCUT2D eigenvalue weighted by atomic mass is 35.5. The molecule has 0 unspecified atom stereocenters. The van der Waals surface area contributed by atoms with Crippen LogP contribution in [0.1, 0.15) is 34.3 Å². The maximum Gasteiger partial charge on any atom is 0.251 e. The van der Waals surface area contributed by atoms with Crippen molar-refractivity contribution in [3.05, 3.63) is 34.9 Å². The summed E-state index contributed by atoms with van der Waals surface area (Å²) in [5.41, 5.74) is 3.10. The van der Waals surface area contributed by atoms with Crippen LogP contribution < -0.4 is 10.6 Å². The molecule has 3 rings (SSSR count). The smallest absolute Gasteiger partial charge is 0.251 e. The van der Waals surface area contributed by atoms with Gasteiger partial charge in [-0.2, -0.15) is 0 Å². The van der Waals surface area contributed by atoms with Crippen molar-refractivity contribution in [3.63, 3.8) is 0 Å². The van der Waals surface area contributed by atoms with Gasteiger partial charge in [0.05, 0.1) is 6.26 Å². The van der Waals surface area contributed by atoms with Crippen LogP contribution >= 0.6 is 12.4 Å². The van der Waals surface area contributed by atoms with Gasteiger partial charge in [-0.1, -0.05) is 6.07 Å². The molecule has 0 spiro atoms. The van der Waals surface area contributed by atoms with Crippen LogP contribution in [0.15, 0.2) is 18.2 Å². The summed E-state index contributed by atoms with van der Waals surface area (Å²) in [6.07, 6.45) is 2.54. The lowest BCUT2D eigenvalue weighted by Crippen LogP contribution is -2.46. The fourth-order valence-corrected chi connectivity index (χ4v) is 3.91.